The zero-order valence-corrected chi connectivity index (χ0v) is 16.3. The van der Waals surface area contributed by atoms with Gasteiger partial charge in [0.25, 0.3) is 0 Å². The van der Waals surface area contributed by atoms with Gasteiger partial charge in [0.2, 0.25) is 0 Å². The lowest BCUT2D eigenvalue weighted by molar-refractivity contribution is 0.234. The number of methoxy groups -OCH3 is 1. The molecule has 0 bridgehead atoms. The molecule has 0 aliphatic heterocycles. The minimum Gasteiger partial charge on any atom is -0.500 e. The lowest BCUT2D eigenvalue weighted by atomic mass is 9.86. The van der Waals surface area contributed by atoms with Gasteiger partial charge in [-0.1, -0.05) is 79.6 Å². The van der Waals surface area contributed by atoms with Gasteiger partial charge in [0.1, 0.15) is 5.76 Å². The molecule has 0 heterocycles. The topological polar surface area (TPSA) is 9.23 Å². The molecule has 1 unspecified atom stereocenters. The SMILES string of the molecule is CCCC/C=C(\OC)C1(C)C=CC=C(c2ccc(C=C3CC3)cc2)C=C1. The van der Waals surface area contributed by atoms with Gasteiger partial charge >= 0.3 is 0 Å². The second-order valence-electron chi connectivity index (χ2n) is 7.44. The molecule has 2 aliphatic rings. The Morgan fingerprint density at radius 1 is 1.15 bits per heavy atom. The van der Waals surface area contributed by atoms with Crippen LogP contribution in [0.25, 0.3) is 11.6 Å². The highest BCUT2D eigenvalue weighted by Gasteiger charge is 2.25. The highest BCUT2D eigenvalue weighted by molar-refractivity contribution is 5.77. The van der Waals surface area contributed by atoms with Crippen molar-refractivity contribution >= 4 is 11.6 Å². The van der Waals surface area contributed by atoms with Gasteiger partial charge in [-0.2, -0.15) is 0 Å². The van der Waals surface area contributed by atoms with E-state index < -0.39 is 0 Å². The maximum absolute atomic E-state index is 5.72. The van der Waals surface area contributed by atoms with Crippen LogP contribution in [-0.4, -0.2) is 7.11 Å². The van der Waals surface area contributed by atoms with E-state index >= 15 is 0 Å². The molecule has 1 atom stereocenters. The molecule has 1 aromatic carbocycles. The standard InChI is InChI=1S/C25H30O/c1-4-5-6-9-24(26-3)25(2)17-7-8-22(16-18-25)23-14-12-21(13-15-23)19-20-10-11-20/h7-9,12-19H,4-6,10-11H2,1-3H3/b24-9-. The highest BCUT2D eigenvalue weighted by Crippen LogP contribution is 2.35. The molecule has 1 fully saturated rings. The van der Waals surface area contributed by atoms with Gasteiger partial charge in [0.15, 0.2) is 0 Å². The maximum atomic E-state index is 5.72. The summed E-state index contributed by atoms with van der Waals surface area (Å²) in [6.45, 7) is 4.43. The number of benzene rings is 1. The molecule has 136 valence electrons. The third-order valence-electron chi connectivity index (χ3n) is 5.12. The molecule has 0 amide bonds. The van der Waals surface area contributed by atoms with Gasteiger partial charge in [0.05, 0.1) is 12.5 Å². The minimum atomic E-state index is -0.197. The van der Waals surface area contributed by atoms with Crippen LogP contribution in [0.4, 0.5) is 0 Å². The normalized spacial score (nSPS) is 22.0. The monoisotopic (exact) mass is 346 g/mol. The van der Waals surface area contributed by atoms with E-state index in [9.17, 15) is 0 Å². The summed E-state index contributed by atoms with van der Waals surface area (Å²) in [5.74, 6) is 1.03. The molecule has 1 nitrogen and oxygen atoms in total. The average Bonchev–Trinajstić information content (AvgIpc) is 3.47. The maximum Gasteiger partial charge on any atom is 0.105 e. The average molecular weight is 347 g/mol. The molecule has 2 aliphatic carbocycles. The van der Waals surface area contributed by atoms with Crippen LogP contribution in [0, 0.1) is 5.41 Å². The van der Waals surface area contributed by atoms with Crippen molar-refractivity contribution in [3.63, 3.8) is 0 Å². The summed E-state index contributed by atoms with van der Waals surface area (Å²) in [5, 5.41) is 0. The smallest absolute Gasteiger partial charge is 0.105 e. The van der Waals surface area contributed by atoms with Crippen LogP contribution in [0.1, 0.15) is 57.1 Å². The van der Waals surface area contributed by atoms with Crippen molar-refractivity contribution in [1.29, 1.82) is 0 Å². The van der Waals surface area contributed by atoms with E-state index in [0.717, 1.165) is 12.2 Å². The van der Waals surface area contributed by atoms with Gasteiger partial charge < -0.3 is 4.74 Å². The second-order valence-corrected chi connectivity index (χ2v) is 7.44. The largest absolute Gasteiger partial charge is 0.500 e. The van der Waals surface area contributed by atoms with E-state index in [0.29, 0.717) is 0 Å². The van der Waals surface area contributed by atoms with Crippen LogP contribution >= 0.6 is 0 Å². The van der Waals surface area contributed by atoms with Gasteiger partial charge in [-0.3, -0.25) is 0 Å². The first-order valence-electron chi connectivity index (χ1n) is 9.78. The Kier molecular flexibility index (Phi) is 5.98. The van der Waals surface area contributed by atoms with Crippen LogP contribution in [0.2, 0.25) is 0 Å². The zero-order valence-electron chi connectivity index (χ0n) is 16.3. The van der Waals surface area contributed by atoms with E-state index in [2.05, 4.69) is 80.6 Å². The first-order valence-corrected chi connectivity index (χ1v) is 9.78. The van der Waals surface area contributed by atoms with E-state index in [1.807, 2.05) is 0 Å². The van der Waals surface area contributed by atoms with Crippen molar-refractivity contribution in [3.8, 4) is 0 Å². The Hall–Kier alpha value is -2.28. The Balaban J connectivity index is 1.77. The molecule has 3 rings (SSSR count). The van der Waals surface area contributed by atoms with E-state index in [-0.39, 0.29) is 5.41 Å². The van der Waals surface area contributed by atoms with Gasteiger partial charge in [-0.05, 0) is 55.4 Å². The number of rotatable bonds is 7. The molecule has 0 radical (unpaired) electrons. The van der Waals surface area contributed by atoms with E-state index in [1.54, 1.807) is 12.7 Å². The lowest BCUT2D eigenvalue weighted by Gasteiger charge is -2.24. The Bertz CT molecular complexity index is 765. The fourth-order valence-electron chi connectivity index (χ4n) is 3.27. The first-order chi connectivity index (χ1) is 12.6. The van der Waals surface area contributed by atoms with Crippen molar-refractivity contribution in [1.82, 2.24) is 0 Å². The van der Waals surface area contributed by atoms with Crippen molar-refractivity contribution in [2.45, 2.75) is 46.0 Å². The fraction of sp³-hybridized carbons (Fsp3) is 0.360. The van der Waals surface area contributed by atoms with Crippen LogP contribution in [0.5, 0.6) is 0 Å². The Labute approximate surface area is 158 Å². The fourth-order valence-corrected chi connectivity index (χ4v) is 3.27. The van der Waals surface area contributed by atoms with Gasteiger partial charge in [-0.25, -0.2) is 0 Å². The zero-order chi connectivity index (χ0) is 18.4. The van der Waals surface area contributed by atoms with Gasteiger partial charge in [0, 0.05) is 0 Å². The number of hydrogen-bond acceptors (Lipinski definition) is 1. The first kappa shape index (κ1) is 18.5. The van der Waals surface area contributed by atoms with Crippen LogP contribution in [0.3, 0.4) is 0 Å². The summed E-state index contributed by atoms with van der Waals surface area (Å²) in [7, 11) is 1.77. The van der Waals surface area contributed by atoms with Crippen LogP contribution < -0.4 is 0 Å². The lowest BCUT2D eigenvalue weighted by Crippen LogP contribution is -2.14. The molecular formula is C25H30O. The summed E-state index contributed by atoms with van der Waals surface area (Å²) >= 11 is 0. The summed E-state index contributed by atoms with van der Waals surface area (Å²) < 4.78 is 5.72. The van der Waals surface area contributed by atoms with E-state index in [1.165, 1.54) is 42.4 Å². The quantitative estimate of drug-likeness (QED) is 0.378. The molecule has 0 spiro atoms. The molecule has 26 heavy (non-hydrogen) atoms. The van der Waals surface area contributed by atoms with Crippen molar-refractivity contribution in [2.24, 2.45) is 5.41 Å². The van der Waals surface area contributed by atoms with Gasteiger partial charge in [-0.15, -0.1) is 0 Å². The molecule has 1 aromatic rings. The molecular weight excluding hydrogens is 316 g/mol. The number of allylic oxidation sites excluding steroid dienone is 7. The minimum absolute atomic E-state index is 0.197. The second kappa shape index (κ2) is 8.40. The van der Waals surface area contributed by atoms with Crippen LogP contribution in [0.15, 0.2) is 72.1 Å². The number of ether oxygens (including phenoxy) is 1. The predicted molar refractivity (Wildman–Crippen MR) is 113 cm³/mol. The Morgan fingerprint density at radius 3 is 2.58 bits per heavy atom. The molecule has 1 saturated carbocycles. The highest BCUT2D eigenvalue weighted by atomic mass is 16.5. The number of hydrogen-bond donors (Lipinski definition) is 0. The number of unbranched alkanes of at least 4 members (excludes halogenated alkanes) is 2. The molecule has 0 N–H and O–H groups in total. The Morgan fingerprint density at radius 2 is 1.92 bits per heavy atom. The molecule has 0 aromatic heterocycles. The summed E-state index contributed by atoms with van der Waals surface area (Å²) in [6, 6.07) is 8.87. The van der Waals surface area contributed by atoms with Crippen LogP contribution in [-0.2, 0) is 4.74 Å². The van der Waals surface area contributed by atoms with Crippen molar-refractivity contribution < 1.29 is 4.74 Å². The summed E-state index contributed by atoms with van der Waals surface area (Å²) in [4.78, 5) is 0. The third kappa shape index (κ3) is 4.66. The van der Waals surface area contributed by atoms with E-state index in [4.69, 9.17) is 4.74 Å². The molecule has 0 saturated heterocycles. The summed E-state index contributed by atoms with van der Waals surface area (Å²) in [6.07, 6.45) is 21.6. The third-order valence-corrected chi connectivity index (χ3v) is 5.12. The van der Waals surface area contributed by atoms with Crippen molar-refractivity contribution in [3.05, 3.63) is 83.2 Å². The van der Waals surface area contributed by atoms with Crippen molar-refractivity contribution in [2.75, 3.05) is 7.11 Å². The predicted octanol–water partition coefficient (Wildman–Crippen LogP) is 7.10. The molecule has 1 heteroatoms. The summed E-state index contributed by atoms with van der Waals surface area (Å²) in [5.41, 5.74) is 5.16.